The standard InChI is InChI=1S/C42H38O5/c1-44-37-20-16-34(17-21-37)42(33-9-4-3-5-10-33,35-18-22-38(45-2)23-19-35)28-47-27-36(43)26-46-25-32-14-13-31-12-11-29-7-6-8-30-15-24-39(32)41(31)40(29)30/h3-24,36,43H,25-28H2,1-2H3/t36-/m0/s1. The van der Waals surface area contributed by atoms with Crippen LogP contribution in [0.2, 0.25) is 0 Å². The Balaban J connectivity index is 1.09. The van der Waals surface area contributed by atoms with Gasteiger partial charge < -0.3 is 24.1 Å². The molecule has 47 heavy (non-hydrogen) atoms. The molecule has 0 unspecified atom stereocenters. The fourth-order valence-electron chi connectivity index (χ4n) is 6.85. The third-order valence-electron chi connectivity index (χ3n) is 9.25. The first-order chi connectivity index (χ1) is 23.1. The zero-order valence-corrected chi connectivity index (χ0v) is 26.7. The van der Waals surface area contributed by atoms with E-state index in [9.17, 15) is 5.11 Å². The van der Waals surface area contributed by atoms with E-state index in [1.807, 2.05) is 42.5 Å². The monoisotopic (exact) mass is 622 g/mol. The van der Waals surface area contributed by atoms with Crippen molar-refractivity contribution in [1.82, 2.24) is 0 Å². The van der Waals surface area contributed by atoms with Gasteiger partial charge in [-0.15, -0.1) is 0 Å². The van der Waals surface area contributed by atoms with Crippen LogP contribution in [0.25, 0.3) is 32.3 Å². The molecule has 0 aromatic heterocycles. The molecule has 0 aliphatic rings. The summed E-state index contributed by atoms with van der Waals surface area (Å²) in [4.78, 5) is 0. The second kappa shape index (κ2) is 13.4. The Morgan fingerprint density at radius 1 is 0.532 bits per heavy atom. The Labute approximate surface area is 275 Å². The fourth-order valence-corrected chi connectivity index (χ4v) is 6.85. The highest BCUT2D eigenvalue weighted by Crippen LogP contribution is 2.41. The molecular formula is C42H38O5. The summed E-state index contributed by atoms with van der Waals surface area (Å²) in [6.45, 7) is 0.989. The average Bonchev–Trinajstić information content (AvgIpc) is 3.13. The lowest BCUT2D eigenvalue weighted by Gasteiger charge is -2.36. The average molecular weight is 623 g/mol. The van der Waals surface area contributed by atoms with Crippen molar-refractivity contribution in [2.24, 2.45) is 0 Å². The molecule has 0 spiro atoms. The molecular weight excluding hydrogens is 584 g/mol. The summed E-state index contributed by atoms with van der Waals surface area (Å²) >= 11 is 0. The van der Waals surface area contributed by atoms with Gasteiger partial charge in [0, 0.05) is 0 Å². The minimum atomic E-state index is -0.796. The van der Waals surface area contributed by atoms with Crippen LogP contribution in [-0.2, 0) is 21.5 Å². The molecule has 7 rings (SSSR count). The lowest BCUT2D eigenvalue weighted by molar-refractivity contribution is -0.0284. The van der Waals surface area contributed by atoms with E-state index in [-0.39, 0.29) is 13.2 Å². The second-order valence-corrected chi connectivity index (χ2v) is 12.0. The molecule has 0 aliphatic carbocycles. The molecule has 0 amide bonds. The van der Waals surface area contributed by atoms with Gasteiger partial charge in [-0.05, 0) is 78.8 Å². The van der Waals surface area contributed by atoms with Gasteiger partial charge >= 0.3 is 0 Å². The summed E-state index contributed by atoms with van der Waals surface area (Å²) in [5.74, 6) is 1.56. The molecule has 5 nitrogen and oxygen atoms in total. The fraction of sp³-hybridized carbons (Fsp3) is 0.190. The van der Waals surface area contributed by atoms with Crippen molar-refractivity contribution in [3.63, 3.8) is 0 Å². The number of ether oxygens (including phenoxy) is 4. The van der Waals surface area contributed by atoms with Crippen LogP contribution in [0, 0.1) is 0 Å². The van der Waals surface area contributed by atoms with Gasteiger partial charge in [-0.1, -0.05) is 109 Å². The van der Waals surface area contributed by atoms with Gasteiger partial charge in [0.1, 0.15) is 17.6 Å². The number of aliphatic hydroxyl groups is 1. The topological polar surface area (TPSA) is 57.2 Å². The van der Waals surface area contributed by atoms with E-state index in [1.165, 1.54) is 32.3 Å². The van der Waals surface area contributed by atoms with Gasteiger partial charge in [0.05, 0.1) is 46.1 Å². The van der Waals surface area contributed by atoms with Crippen LogP contribution in [0.5, 0.6) is 11.5 Å². The van der Waals surface area contributed by atoms with Crippen LogP contribution in [0.4, 0.5) is 0 Å². The van der Waals surface area contributed by atoms with Crippen LogP contribution in [0.15, 0.2) is 133 Å². The van der Waals surface area contributed by atoms with Crippen molar-refractivity contribution in [2.75, 3.05) is 34.0 Å². The first-order valence-corrected chi connectivity index (χ1v) is 15.9. The highest BCUT2D eigenvalue weighted by Gasteiger charge is 2.37. The number of benzene rings is 7. The largest absolute Gasteiger partial charge is 0.497 e. The van der Waals surface area contributed by atoms with Crippen LogP contribution >= 0.6 is 0 Å². The zero-order chi connectivity index (χ0) is 32.2. The molecule has 0 saturated carbocycles. The molecule has 0 aliphatic heterocycles. The molecule has 0 radical (unpaired) electrons. The first kappa shape index (κ1) is 30.7. The molecule has 1 atom stereocenters. The maximum atomic E-state index is 11.0. The molecule has 1 N–H and O–H groups in total. The van der Waals surface area contributed by atoms with E-state index >= 15 is 0 Å². The molecule has 0 bridgehead atoms. The Morgan fingerprint density at radius 3 is 1.68 bits per heavy atom. The third kappa shape index (κ3) is 5.90. The van der Waals surface area contributed by atoms with E-state index in [1.54, 1.807) is 14.2 Å². The minimum Gasteiger partial charge on any atom is -0.497 e. The summed E-state index contributed by atoms with van der Waals surface area (Å²) in [6.07, 6.45) is -0.796. The Bertz CT molecular complexity index is 2010. The van der Waals surface area contributed by atoms with Gasteiger partial charge in [0.25, 0.3) is 0 Å². The summed E-state index contributed by atoms with van der Waals surface area (Å²) in [5, 5.41) is 18.5. The molecule has 0 heterocycles. The predicted octanol–water partition coefficient (Wildman–Crippen LogP) is 8.53. The van der Waals surface area contributed by atoms with E-state index in [2.05, 4.69) is 91.0 Å². The van der Waals surface area contributed by atoms with Crippen molar-refractivity contribution in [3.8, 4) is 11.5 Å². The number of hydrogen-bond acceptors (Lipinski definition) is 5. The van der Waals surface area contributed by atoms with Gasteiger partial charge in [0.2, 0.25) is 0 Å². The normalized spacial score (nSPS) is 12.6. The summed E-state index contributed by atoms with van der Waals surface area (Å²) < 4.78 is 23.4. The summed E-state index contributed by atoms with van der Waals surface area (Å²) in [5.41, 5.74) is 3.63. The van der Waals surface area contributed by atoms with Crippen molar-refractivity contribution in [3.05, 3.63) is 156 Å². The van der Waals surface area contributed by atoms with E-state index in [0.717, 1.165) is 33.8 Å². The third-order valence-corrected chi connectivity index (χ3v) is 9.25. The molecule has 5 heteroatoms. The summed E-state index contributed by atoms with van der Waals surface area (Å²) in [7, 11) is 3.33. The Morgan fingerprint density at radius 2 is 1.06 bits per heavy atom. The predicted molar refractivity (Wildman–Crippen MR) is 189 cm³/mol. The number of aliphatic hydroxyl groups excluding tert-OH is 1. The van der Waals surface area contributed by atoms with Gasteiger partial charge in [0.15, 0.2) is 0 Å². The van der Waals surface area contributed by atoms with Crippen LogP contribution in [0.1, 0.15) is 22.3 Å². The maximum absolute atomic E-state index is 11.0. The zero-order valence-electron chi connectivity index (χ0n) is 26.7. The smallest absolute Gasteiger partial charge is 0.118 e. The number of methoxy groups -OCH3 is 2. The SMILES string of the molecule is COc1ccc(C(COC[C@@H](O)COCc2ccc3ccc4cccc5ccc2c3c45)(c2ccccc2)c2ccc(OC)cc2)cc1. The van der Waals surface area contributed by atoms with E-state index in [4.69, 9.17) is 18.9 Å². The minimum absolute atomic E-state index is 0.124. The number of rotatable bonds is 13. The molecule has 0 fully saturated rings. The highest BCUT2D eigenvalue weighted by molar-refractivity contribution is 6.23. The quantitative estimate of drug-likeness (QED) is 0.103. The lowest BCUT2D eigenvalue weighted by Crippen LogP contribution is -2.36. The van der Waals surface area contributed by atoms with Crippen molar-refractivity contribution >= 4 is 32.3 Å². The van der Waals surface area contributed by atoms with Crippen molar-refractivity contribution < 1.29 is 24.1 Å². The van der Waals surface area contributed by atoms with Gasteiger partial charge in [-0.25, -0.2) is 0 Å². The first-order valence-electron chi connectivity index (χ1n) is 15.9. The Kier molecular flexibility index (Phi) is 8.77. The molecule has 0 saturated heterocycles. The maximum Gasteiger partial charge on any atom is 0.118 e. The van der Waals surface area contributed by atoms with Crippen LogP contribution in [-0.4, -0.2) is 45.3 Å². The number of hydrogen-bond donors (Lipinski definition) is 1. The van der Waals surface area contributed by atoms with Crippen molar-refractivity contribution in [2.45, 2.75) is 18.1 Å². The van der Waals surface area contributed by atoms with Crippen LogP contribution in [0.3, 0.4) is 0 Å². The second-order valence-electron chi connectivity index (χ2n) is 12.0. The molecule has 7 aromatic carbocycles. The van der Waals surface area contributed by atoms with E-state index in [0.29, 0.717) is 13.2 Å². The Hall–Kier alpha value is -4.94. The van der Waals surface area contributed by atoms with Crippen LogP contribution < -0.4 is 9.47 Å². The van der Waals surface area contributed by atoms with E-state index < -0.39 is 11.5 Å². The van der Waals surface area contributed by atoms with Crippen molar-refractivity contribution in [1.29, 1.82) is 0 Å². The highest BCUT2D eigenvalue weighted by atomic mass is 16.5. The summed E-state index contributed by atoms with van der Waals surface area (Å²) in [6, 6.07) is 46.0. The lowest BCUT2D eigenvalue weighted by atomic mass is 9.70. The molecule has 7 aromatic rings. The molecule has 236 valence electrons. The van der Waals surface area contributed by atoms with Gasteiger partial charge in [-0.2, -0.15) is 0 Å². The van der Waals surface area contributed by atoms with Gasteiger partial charge in [-0.3, -0.25) is 0 Å².